The Hall–Kier alpha value is -3.98. The van der Waals surface area contributed by atoms with Crippen molar-refractivity contribution < 1.29 is 14.3 Å². The molecule has 0 atom stereocenters. The summed E-state index contributed by atoms with van der Waals surface area (Å²) in [6.45, 7) is 7.94. The second-order valence-corrected chi connectivity index (χ2v) is 10.0. The van der Waals surface area contributed by atoms with E-state index in [1.54, 1.807) is 23.2 Å². The molecule has 0 spiro atoms. The van der Waals surface area contributed by atoms with Crippen LogP contribution < -0.4 is 15.0 Å². The fourth-order valence-corrected chi connectivity index (χ4v) is 4.77. The number of hydrogen-bond donors (Lipinski definition) is 1. The van der Waals surface area contributed by atoms with E-state index in [2.05, 4.69) is 32.0 Å². The predicted molar refractivity (Wildman–Crippen MR) is 146 cm³/mol. The summed E-state index contributed by atoms with van der Waals surface area (Å²) in [5.41, 5.74) is 2.33. The number of ether oxygens (including phenoxy) is 1. The van der Waals surface area contributed by atoms with Gasteiger partial charge in [-0.3, -0.25) is 9.69 Å². The van der Waals surface area contributed by atoms with Crippen molar-refractivity contribution in [2.75, 3.05) is 49.5 Å². The van der Waals surface area contributed by atoms with E-state index in [0.717, 1.165) is 31.4 Å². The van der Waals surface area contributed by atoms with Crippen molar-refractivity contribution in [2.45, 2.75) is 26.3 Å². The molecule has 198 valence electrons. The minimum absolute atomic E-state index is 0.191. The van der Waals surface area contributed by atoms with E-state index in [0.29, 0.717) is 37.4 Å². The topological polar surface area (TPSA) is 90.9 Å². The Labute approximate surface area is 223 Å². The van der Waals surface area contributed by atoms with Gasteiger partial charge in [-0.25, -0.2) is 14.8 Å². The Kier molecular flexibility index (Phi) is 8.13. The number of piperazine rings is 1. The molecule has 2 aliphatic rings. The summed E-state index contributed by atoms with van der Waals surface area (Å²) in [6.07, 6.45) is 5.31. The fraction of sp³-hybridized carbons (Fsp3) is 0.379. The lowest BCUT2D eigenvalue weighted by Gasteiger charge is -2.34. The van der Waals surface area contributed by atoms with Gasteiger partial charge in [0.15, 0.2) is 0 Å². The van der Waals surface area contributed by atoms with Crippen LogP contribution in [0.1, 0.15) is 35.7 Å². The molecule has 9 nitrogen and oxygen atoms in total. The molecular formula is C29H34N6O3. The standard InChI is InChI=1S/C29H34N6O3/c1-22-11-14-33(15-12-22)21-23-5-7-24(8-6-23)28(36)32-25-9-10-27(31-20-25)38-29(37)35-18-16-34(17-19-35)26-4-2-3-13-30-26/h2-10,13,20,22H,11-12,14-19,21H2,1H3,(H,32,36). The number of rotatable bonds is 6. The number of likely N-dealkylation sites (tertiary alicyclic amines) is 1. The first-order valence-electron chi connectivity index (χ1n) is 13.2. The molecule has 9 heteroatoms. The molecule has 0 saturated carbocycles. The number of carbonyl (C=O) groups is 2. The zero-order valence-electron chi connectivity index (χ0n) is 21.8. The Morgan fingerprint density at radius 2 is 1.68 bits per heavy atom. The van der Waals surface area contributed by atoms with Gasteiger partial charge in [-0.05, 0) is 67.7 Å². The van der Waals surface area contributed by atoms with Crippen molar-refractivity contribution in [3.63, 3.8) is 0 Å². The van der Waals surface area contributed by atoms with Crippen LogP contribution in [-0.2, 0) is 6.54 Å². The highest BCUT2D eigenvalue weighted by atomic mass is 16.6. The number of carbonyl (C=O) groups excluding carboxylic acids is 2. The number of amides is 2. The SMILES string of the molecule is CC1CCN(Cc2ccc(C(=O)Nc3ccc(OC(=O)N4CCN(c5ccccn5)CC4)nc3)cc2)CC1. The third-order valence-electron chi connectivity index (χ3n) is 7.20. The average Bonchev–Trinajstić information content (AvgIpc) is 2.96. The molecule has 2 amide bonds. The van der Waals surface area contributed by atoms with Gasteiger partial charge in [-0.1, -0.05) is 25.1 Å². The van der Waals surface area contributed by atoms with E-state index < -0.39 is 6.09 Å². The number of piperidine rings is 1. The number of nitrogens with zero attached hydrogens (tertiary/aromatic N) is 5. The molecule has 3 aromatic rings. The number of aromatic nitrogens is 2. The summed E-state index contributed by atoms with van der Waals surface area (Å²) in [7, 11) is 0. The van der Waals surface area contributed by atoms with Crippen LogP contribution in [0, 0.1) is 5.92 Å². The largest absolute Gasteiger partial charge is 0.416 e. The highest BCUT2D eigenvalue weighted by molar-refractivity contribution is 6.04. The van der Waals surface area contributed by atoms with Crippen LogP contribution in [0.2, 0.25) is 0 Å². The predicted octanol–water partition coefficient (Wildman–Crippen LogP) is 4.28. The summed E-state index contributed by atoms with van der Waals surface area (Å²) in [4.78, 5) is 40.1. The summed E-state index contributed by atoms with van der Waals surface area (Å²) >= 11 is 0. The Bertz CT molecular complexity index is 1200. The molecule has 1 aromatic carbocycles. The molecular weight excluding hydrogens is 480 g/mol. The zero-order valence-corrected chi connectivity index (χ0v) is 21.8. The van der Waals surface area contributed by atoms with Crippen LogP contribution in [0.25, 0.3) is 0 Å². The number of nitrogens with one attached hydrogen (secondary N) is 1. The van der Waals surface area contributed by atoms with Crippen molar-refractivity contribution in [1.82, 2.24) is 19.8 Å². The third kappa shape index (κ3) is 6.66. The van der Waals surface area contributed by atoms with Gasteiger partial charge < -0.3 is 19.9 Å². The minimum Gasteiger partial charge on any atom is -0.391 e. The van der Waals surface area contributed by atoms with Gasteiger partial charge in [-0.2, -0.15) is 0 Å². The first kappa shape index (κ1) is 25.7. The normalized spacial score (nSPS) is 16.8. The van der Waals surface area contributed by atoms with Crippen LogP contribution >= 0.6 is 0 Å². The third-order valence-corrected chi connectivity index (χ3v) is 7.20. The molecule has 0 radical (unpaired) electrons. The molecule has 5 rings (SSSR count). The Morgan fingerprint density at radius 3 is 2.34 bits per heavy atom. The number of hydrogen-bond acceptors (Lipinski definition) is 7. The molecule has 2 aliphatic heterocycles. The molecule has 2 saturated heterocycles. The molecule has 0 bridgehead atoms. The van der Waals surface area contributed by atoms with Crippen LogP contribution in [0.3, 0.4) is 0 Å². The van der Waals surface area contributed by atoms with E-state index in [4.69, 9.17) is 4.74 Å². The minimum atomic E-state index is -0.436. The maximum atomic E-state index is 12.7. The molecule has 4 heterocycles. The lowest BCUT2D eigenvalue weighted by atomic mass is 9.99. The van der Waals surface area contributed by atoms with Gasteiger partial charge in [-0.15, -0.1) is 0 Å². The van der Waals surface area contributed by atoms with E-state index in [9.17, 15) is 9.59 Å². The Morgan fingerprint density at radius 1 is 0.921 bits per heavy atom. The van der Waals surface area contributed by atoms with Crippen molar-refractivity contribution in [3.05, 3.63) is 78.1 Å². The molecule has 2 aromatic heterocycles. The molecule has 2 fully saturated rings. The van der Waals surface area contributed by atoms with E-state index >= 15 is 0 Å². The van der Waals surface area contributed by atoms with E-state index in [1.807, 2.05) is 42.5 Å². The van der Waals surface area contributed by atoms with Crippen LogP contribution in [0.4, 0.5) is 16.3 Å². The summed E-state index contributed by atoms with van der Waals surface area (Å²) in [5.74, 6) is 1.70. The Balaban J connectivity index is 1.08. The summed E-state index contributed by atoms with van der Waals surface area (Å²) in [6, 6.07) is 16.8. The van der Waals surface area contributed by atoms with Crippen molar-refractivity contribution in [1.29, 1.82) is 0 Å². The van der Waals surface area contributed by atoms with Crippen LogP contribution in [0.15, 0.2) is 67.0 Å². The maximum absolute atomic E-state index is 12.7. The highest BCUT2D eigenvalue weighted by Gasteiger charge is 2.23. The van der Waals surface area contributed by atoms with Gasteiger partial charge >= 0.3 is 6.09 Å². The van der Waals surface area contributed by atoms with Gasteiger partial charge in [0, 0.05) is 50.6 Å². The van der Waals surface area contributed by atoms with E-state index in [-0.39, 0.29) is 11.8 Å². The number of benzene rings is 1. The zero-order chi connectivity index (χ0) is 26.3. The number of anilines is 2. The molecule has 1 N–H and O–H groups in total. The molecule has 0 unspecified atom stereocenters. The molecule has 38 heavy (non-hydrogen) atoms. The highest BCUT2D eigenvalue weighted by Crippen LogP contribution is 2.19. The summed E-state index contributed by atoms with van der Waals surface area (Å²) < 4.78 is 5.45. The van der Waals surface area contributed by atoms with E-state index in [1.165, 1.54) is 24.6 Å². The second kappa shape index (κ2) is 12.0. The lowest BCUT2D eigenvalue weighted by molar-refractivity contribution is 0.102. The average molecular weight is 515 g/mol. The van der Waals surface area contributed by atoms with Gasteiger partial charge in [0.05, 0.1) is 11.9 Å². The van der Waals surface area contributed by atoms with Crippen LogP contribution in [-0.4, -0.2) is 71.0 Å². The fourth-order valence-electron chi connectivity index (χ4n) is 4.77. The smallest absolute Gasteiger partial charge is 0.391 e. The van der Waals surface area contributed by atoms with Crippen molar-refractivity contribution >= 4 is 23.5 Å². The number of pyridine rings is 2. The lowest BCUT2D eigenvalue weighted by Crippen LogP contribution is -2.49. The maximum Gasteiger partial charge on any atom is 0.416 e. The van der Waals surface area contributed by atoms with Crippen LogP contribution in [0.5, 0.6) is 5.88 Å². The van der Waals surface area contributed by atoms with Crippen molar-refractivity contribution in [3.8, 4) is 5.88 Å². The van der Waals surface area contributed by atoms with Gasteiger partial charge in [0.25, 0.3) is 5.91 Å². The quantitative estimate of drug-likeness (QED) is 0.525. The second-order valence-electron chi connectivity index (χ2n) is 10.0. The first-order valence-corrected chi connectivity index (χ1v) is 13.2. The molecule has 0 aliphatic carbocycles. The van der Waals surface area contributed by atoms with Crippen molar-refractivity contribution in [2.24, 2.45) is 5.92 Å². The monoisotopic (exact) mass is 514 g/mol. The summed E-state index contributed by atoms with van der Waals surface area (Å²) in [5, 5.41) is 2.85. The first-order chi connectivity index (χ1) is 18.5. The van der Waals surface area contributed by atoms with Gasteiger partial charge in [0.1, 0.15) is 5.82 Å². The van der Waals surface area contributed by atoms with Gasteiger partial charge in [0.2, 0.25) is 5.88 Å².